The van der Waals surface area contributed by atoms with Crippen LogP contribution in [0.25, 0.3) is 11.0 Å². The van der Waals surface area contributed by atoms with Crippen LogP contribution in [0.4, 0.5) is 5.69 Å². The van der Waals surface area contributed by atoms with E-state index in [4.69, 9.17) is 8.83 Å². The molecule has 0 aliphatic rings. The van der Waals surface area contributed by atoms with Gasteiger partial charge >= 0.3 is 0 Å². The molecule has 0 atom stereocenters. The fraction of sp³-hybridized carbons (Fsp3) is 0.0909. The van der Waals surface area contributed by atoms with Crippen LogP contribution in [0.5, 0.6) is 5.75 Å². The summed E-state index contributed by atoms with van der Waals surface area (Å²) in [7, 11) is 0. The van der Waals surface area contributed by atoms with Gasteiger partial charge in [-0.2, -0.15) is 0 Å². The molecule has 0 fully saturated rings. The molecule has 1 amide bonds. The lowest BCUT2D eigenvalue weighted by Gasteiger charge is -2.07. The number of furan rings is 1. The van der Waals surface area contributed by atoms with Gasteiger partial charge in [0.1, 0.15) is 22.7 Å². The molecule has 6 nitrogen and oxygen atoms in total. The second-order valence-electron chi connectivity index (χ2n) is 6.35. The summed E-state index contributed by atoms with van der Waals surface area (Å²) in [4.78, 5) is 17.4. The first kappa shape index (κ1) is 17.6. The molecule has 0 aliphatic heterocycles. The van der Waals surface area contributed by atoms with E-state index in [9.17, 15) is 9.90 Å². The normalized spacial score (nSPS) is 11.7. The van der Waals surface area contributed by atoms with Crippen molar-refractivity contribution in [3.05, 3.63) is 89.4 Å². The Hall–Kier alpha value is -3.80. The van der Waals surface area contributed by atoms with Crippen LogP contribution >= 0.6 is 0 Å². The van der Waals surface area contributed by atoms with Crippen molar-refractivity contribution in [2.75, 3.05) is 0 Å². The van der Waals surface area contributed by atoms with E-state index in [1.54, 1.807) is 36.6 Å². The van der Waals surface area contributed by atoms with Gasteiger partial charge in [0, 0.05) is 11.5 Å². The van der Waals surface area contributed by atoms with E-state index in [1.165, 1.54) is 6.07 Å². The molecule has 2 aromatic heterocycles. The molecule has 0 radical (unpaired) electrons. The summed E-state index contributed by atoms with van der Waals surface area (Å²) in [5.41, 5.74) is 2.56. The van der Waals surface area contributed by atoms with Crippen LogP contribution in [0.15, 0.2) is 80.8 Å². The number of fused-ring (bicyclic) bond motifs is 1. The number of para-hydroxylation sites is 1. The monoisotopic (exact) mass is 374 g/mol. The van der Waals surface area contributed by atoms with Gasteiger partial charge in [-0.15, -0.1) is 0 Å². The third-order valence-electron chi connectivity index (χ3n) is 4.32. The molecule has 0 aliphatic carbocycles. The van der Waals surface area contributed by atoms with Gasteiger partial charge in [-0.25, -0.2) is 4.99 Å². The molecule has 140 valence electrons. The van der Waals surface area contributed by atoms with Crippen molar-refractivity contribution >= 4 is 22.6 Å². The summed E-state index contributed by atoms with van der Waals surface area (Å²) in [5.74, 6) is 0.393. The number of benzene rings is 2. The topological polar surface area (TPSA) is 88.0 Å². The summed E-state index contributed by atoms with van der Waals surface area (Å²) in [6, 6.07) is 17.5. The first-order valence-corrected chi connectivity index (χ1v) is 8.78. The summed E-state index contributed by atoms with van der Waals surface area (Å²) in [6.07, 6.45) is 1.55. The highest BCUT2D eigenvalue weighted by Crippen LogP contribution is 2.21. The summed E-state index contributed by atoms with van der Waals surface area (Å²) in [6.45, 7) is 2.19. The number of hydrogen-bond acceptors (Lipinski definition) is 5. The lowest BCUT2D eigenvalue weighted by atomic mass is 10.1. The quantitative estimate of drug-likeness (QED) is 0.560. The van der Waals surface area contributed by atoms with Crippen molar-refractivity contribution in [1.29, 1.82) is 0 Å². The molecule has 2 heterocycles. The zero-order valence-corrected chi connectivity index (χ0v) is 15.2. The van der Waals surface area contributed by atoms with Gasteiger partial charge in [-0.3, -0.25) is 4.79 Å². The average Bonchev–Trinajstić information content (AvgIpc) is 3.21. The van der Waals surface area contributed by atoms with E-state index in [1.807, 2.05) is 31.2 Å². The van der Waals surface area contributed by atoms with E-state index in [0.717, 1.165) is 5.56 Å². The number of hydrogen-bond donors (Lipinski definition) is 2. The van der Waals surface area contributed by atoms with Gasteiger partial charge in [0.25, 0.3) is 5.91 Å². The van der Waals surface area contributed by atoms with Crippen LogP contribution in [0, 0.1) is 6.92 Å². The Labute approximate surface area is 160 Å². The third-order valence-corrected chi connectivity index (χ3v) is 4.32. The highest BCUT2D eigenvalue weighted by Gasteiger charge is 2.14. The maximum atomic E-state index is 12.8. The van der Waals surface area contributed by atoms with Crippen LogP contribution in [-0.2, 0) is 6.54 Å². The van der Waals surface area contributed by atoms with Crippen molar-refractivity contribution in [2.24, 2.45) is 4.99 Å². The predicted octanol–water partition coefficient (Wildman–Crippen LogP) is 4.20. The number of phenols is 1. The van der Waals surface area contributed by atoms with Gasteiger partial charge in [0.15, 0.2) is 0 Å². The molecule has 4 aromatic rings. The third kappa shape index (κ3) is 3.66. The van der Waals surface area contributed by atoms with Crippen molar-refractivity contribution < 1.29 is 18.7 Å². The second kappa shape index (κ2) is 7.44. The summed E-state index contributed by atoms with van der Waals surface area (Å²) in [5, 5.41) is 13.2. The fourth-order valence-corrected chi connectivity index (χ4v) is 2.83. The van der Waals surface area contributed by atoms with Gasteiger partial charge < -0.3 is 19.3 Å². The van der Waals surface area contributed by atoms with Gasteiger partial charge in [0.2, 0.25) is 5.55 Å². The smallest absolute Gasteiger partial charge is 0.257 e. The molecular weight excluding hydrogens is 356 g/mol. The molecule has 28 heavy (non-hydrogen) atoms. The predicted molar refractivity (Wildman–Crippen MR) is 104 cm³/mol. The number of rotatable bonds is 4. The van der Waals surface area contributed by atoms with Crippen LogP contribution in [0.1, 0.15) is 21.7 Å². The van der Waals surface area contributed by atoms with Crippen LogP contribution < -0.4 is 10.9 Å². The van der Waals surface area contributed by atoms with E-state index < -0.39 is 0 Å². The van der Waals surface area contributed by atoms with E-state index in [-0.39, 0.29) is 23.8 Å². The zero-order chi connectivity index (χ0) is 19.5. The first-order valence-electron chi connectivity index (χ1n) is 8.78. The average molecular weight is 374 g/mol. The Morgan fingerprint density at radius 1 is 1.11 bits per heavy atom. The molecule has 0 saturated heterocycles. The minimum absolute atomic E-state index is 0.0770. The van der Waals surface area contributed by atoms with Crippen LogP contribution in [0.3, 0.4) is 0 Å². The van der Waals surface area contributed by atoms with Crippen LogP contribution in [0.2, 0.25) is 0 Å². The molecular formula is C22H18N2O4. The maximum Gasteiger partial charge on any atom is 0.257 e. The lowest BCUT2D eigenvalue weighted by molar-refractivity contribution is 0.0944. The fourth-order valence-electron chi connectivity index (χ4n) is 2.83. The van der Waals surface area contributed by atoms with E-state index in [0.29, 0.717) is 28.0 Å². The SMILES string of the molecule is Cc1ccccc1N=c1oc2cc(O)ccc2cc1C(=O)NCc1ccco1. The standard InChI is InChI=1S/C22H18N2O4/c1-14-5-2-3-7-19(14)24-22-18(21(26)23-13-17-6-4-10-27-17)11-15-8-9-16(25)12-20(15)28-22/h2-12,25H,13H2,1H3,(H,23,26). The van der Waals surface area contributed by atoms with Crippen molar-refractivity contribution in [3.63, 3.8) is 0 Å². The Balaban J connectivity index is 1.82. The number of aryl methyl sites for hydroxylation is 1. The Morgan fingerprint density at radius 2 is 1.96 bits per heavy atom. The van der Waals surface area contributed by atoms with Crippen molar-refractivity contribution in [2.45, 2.75) is 13.5 Å². The Bertz CT molecular complexity index is 1210. The largest absolute Gasteiger partial charge is 0.508 e. The summed E-state index contributed by atoms with van der Waals surface area (Å²) < 4.78 is 11.1. The molecule has 2 aromatic carbocycles. The number of phenolic OH excluding ortho intramolecular Hbond substituents is 1. The van der Waals surface area contributed by atoms with Crippen LogP contribution in [-0.4, -0.2) is 11.0 Å². The second-order valence-corrected chi connectivity index (χ2v) is 6.35. The number of aromatic hydroxyl groups is 1. The number of nitrogens with zero attached hydrogens (tertiary/aromatic N) is 1. The minimum Gasteiger partial charge on any atom is -0.508 e. The molecule has 0 spiro atoms. The molecule has 0 saturated carbocycles. The number of amides is 1. The van der Waals surface area contributed by atoms with Crippen molar-refractivity contribution in [3.8, 4) is 5.75 Å². The van der Waals surface area contributed by atoms with E-state index >= 15 is 0 Å². The highest BCUT2D eigenvalue weighted by atomic mass is 16.3. The molecule has 2 N–H and O–H groups in total. The maximum absolute atomic E-state index is 12.8. The molecule has 4 rings (SSSR count). The number of carbonyl (C=O) groups excluding carboxylic acids is 1. The lowest BCUT2D eigenvalue weighted by Crippen LogP contribution is -2.28. The Morgan fingerprint density at radius 3 is 2.75 bits per heavy atom. The van der Waals surface area contributed by atoms with Gasteiger partial charge in [-0.05, 0) is 48.9 Å². The summed E-state index contributed by atoms with van der Waals surface area (Å²) >= 11 is 0. The van der Waals surface area contributed by atoms with Gasteiger partial charge in [0.05, 0.1) is 18.5 Å². The first-order chi connectivity index (χ1) is 13.6. The van der Waals surface area contributed by atoms with Crippen molar-refractivity contribution in [1.82, 2.24) is 5.32 Å². The number of carbonyl (C=O) groups is 1. The Kier molecular flexibility index (Phi) is 4.68. The molecule has 0 unspecified atom stereocenters. The minimum atomic E-state index is -0.331. The molecule has 0 bridgehead atoms. The molecule has 6 heteroatoms. The number of nitrogens with one attached hydrogen (secondary N) is 1. The van der Waals surface area contributed by atoms with Gasteiger partial charge in [-0.1, -0.05) is 18.2 Å². The zero-order valence-electron chi connectivity index (χ0n) is 15.2. The van der Waals surface area contributed by atoms with E-state index in [2.05, 4.69) is 10.3 Å². The highest BCUT2D eigenvalue weighted by molar-refractivity contribution is 5.96.